The van der Waals surface area contributed by atoms with E-state index in [1.807, 2.05) is 30.3 Å². The van der Waals surface area contributed by atoms with Crippen molar-refractivity contribution in [3.05, 3.63) is 35.9 Å². The molecule has 0 heterocycles. The van der Waals surface area contributed by atoms with Crippen molar-refractivity contribution in [2.45, 2.75) is 59.5 Å². The van der Waals surface area contributed by atoms with E-state index >= 15 is 0 Å². The quantitative estimate of drug-likeness (QED) is 0.292. The Morgan fingerprint density at radius 2 is 1.61 bits per heavy atom. The predicted molar refractivity (Wildman–Crippen MR) is 119 cm³/mol. The van der Waals surface area contributed by atoms with Crippen LogP contribution in [0.4, 0.5) is 0 Å². The van der Waals surface area contributed by atoms with Crippen LogP contribution >= 0.6 is 0 Å². The molecule has 0 aliphatic rings. The molecule has 1 aromatic carbocycles. The fourth-order valence-electron chi connectivity index (χ4n) is 3.09. The van der Waals surface area contributed by atoms with Gasteiger partial charge in [0, 0.05) is 50.4 Å². The summed E-state index contributed by atoms with van der Waals surface area (Å²) in [5.74, 6) is 0.812. The van der Waals surface area contributed by atoms with Crippen LogP contribution in [0.2, 0.25) is 0 Å². The van der Waals surface area contributed by atoms with E-state index in [-0.39, 0.29) is 5.91 Å². The normalized spacial score (nSPS) is 11.9. The summed E-state index contributed by atoms with van der Waals surface area (Å²) in [4.78, 5) is 19.1. The van der Waals surface area contributed by atoms with E-state index in [1.54, 1.807) is 0 Å². The van der Waals surface area contributed by atoms with Gasteiger partial charge in [-0.05, 0) is 59.6 Å². The lowest BCUT2D eigenvalue weighted by molar-refractivity contribution is 0.0953. The number of hydrogen-bond acceptors (Lipinski definition) is 3. The van der Waals surface area contributed by atoms with Crippen LogP contribution in [0, 0.1) is 0 Å². The molecule has 0 unspecified atom stereocenters. The Morgan fingerprint density at radius 1 is 0.964 bits per heavy atom. The van der Waals surface area contributed by atoms with Crippen LogP contribution in [-0.2, 0) is 0 Å². The van der Waals surface area contributed by atoms with Crippen LogP contribution < -0.4 is 16.0 Å². The minimum absolute atomic E-state index is 0.0329. The van der Waals surface area contributed by atoms with E-state index in [0.717, 1.165) is 38.4 Å². The van der Waals surface area contributed by atoms with Gasteiger partial charge >= 0.3 is 0 Å². The monoisotopic (exact) mass is 389 g/mol. The smallest absolute Gasteiger partial charge is 0.251 e. The molecule has 1 aromatic rings. The van der Waals surface area contributed by atoms with Gasteiger partial charge in [0.1, 0.15) is 0 Å². The van der Waals surface area contributed by atoms with Gasteiger partial charge < -0.3 is 16.0 Å². The molecule has 0 bridgehead atoms. The second-order valence-electron chi connectivity index (χ2n) is 7.44. The number of aliphatic imine (C=N–C) groups is 1. The first kappa shape index (κ1) is 24.0. The first-order chi connectivity index (χ1) is 13.5. The maximum Gasteiger partial charge on any atom is 0.251 e. The molecule has 6 nitrogen and oxygen atoms in total. The minimum Gasteiger partial charge on any atom is -0.357 e. The zero-order valence-corrected chi connectivity index (χ0v) is 18.3. The number of nitrogens with one attached hydrogen (secondary N) is 3. The standard InChI is InChI=1S/C22H39N5O/c1-6-23-22(26-16-11-17-27(18(2)3)19(4)5)25-15-10-14-24-21(28)20-12-8-7-9-13-20/h7-9,12-13,18-19H,6,10-11,14-17H2,1-5H3,(H,24,28)(H2,23,25,26). The Hall–Kier alpha value is -2.08. The number of hydrogen-bond donors (Lipinski definition) is 3. The number of amides is 1. The van der Waals surface area contributed by atoms with E-state index < -0.39 is 0 Å². The van der Waals surface area contributed by atoms with Crippen molar-refractivity contribution in [2.75, 3.05) is 32.7 Å². The van der Waals surface area contributed by atoms with Crippen molar-refractivity contribution in [1.82, 2.24) is 20.9 Å². The highest BCUT2D eigenvalue weighted by Crippen LogP contribution is 2.05. The Kier molecular flexibility index (Phi) is 12.0. The van der Waals surface area contributed by atoms with Gasteiger partial charge in [-0.1, -0.05) is 18.2 Å². The summed E-state index contributed by atoms with van der Waals surface area (Å²) in [6, 6.07) is 10.4. The van der Waals surface area contributed by atoms with Crippen molar-refractivity contribution in [3.8, 4) is 0 Å². The molecule has 1 rings (SSSR count). The topological polar surface area (TPSA) is 68.8 Å². The van der Waals surface area contributed by atoms with Crippen molar-refractivity contribution in [2.24, 2.45) is 4.99 Å². The summed E-state index contributed by atoms with van der Waals surface area (Å²) in [6.45, 7) is 15.1. The lowest BCUT2D eigenvalue weighted by atomic mass is 10.2. The molecule has 0 radical (unpaired) electrons. The zero-order valence-electron chi connectivity index (χ0n) is 18.3. The number of benzene rings is 1. The highest BCUT2D eigenvalue weighted by atomic mass is 16.1. The van der Waals surface area contributed by atoms with E-state index in [9.17, 15) is 4.79 Å². The molecule has 0 fully saturated rings. The van der Waals surface area contributed by atoms with Gasteiger partial charge in [-0.2, -0.15) is 0 Å². The Balaban J connectivity index is 2.28. The molecular formula is C22H39N5O. The van der Waals surface area contributed by atoms with Crippen molar-refractivity contribution in [1.29, 1.82) is 0 Å². The minimum atomic E-state index is -0.0329. The summed E-state index contributed by atoms with van der Waals surface area (Å²) < 4.78 is 0. The summed E-state index contributed by atoms with van der Waals surface area (Å²) in [5, 5.41) is 9.62. The second-order valence-corrected chi connectivity index (χ2v) is 7.44. The fraction of sp³-hybridized carbons (Fsp3) is 0.636. The van der Waals surface area contributed by atoms with Crippen LogP contribution in [0.15, 0.2) is 35.3 Å². The van der Waals surface area contributed by atoms with Gasteiger partial charge in [0.15, 0.2) is 5.96 Å². The van der Waals surface area contributed by atoms with Crippen LogP contribution in [0.1, 0.15) is 57.8 Å². The van der Waals surface area contributed by atoms with Crippen molar-refractivity contribution < 1.29 is 4.79 Å². The summed E-state index contributed by atoms with van der Waals surface area (Å²) >= 11 is 0. The molecule has 3 N–H and O–H groups in total. The van der Waals surface area contributed by atoms with Gasteiger partial charge in [-0.3, -0.25) is 14.7 Å². The number of carbonyl (C=O) groups excluding carboxylic acids is 1. The number of nitrogens with zero attached hydrogens (tertiary/aromatic N) is 2. The molecule has 28 heavy (non-hydrogen) atoms. The molecule has 0 spiro atoms. The molecule has 6 heteroatoms. The maximum atomic E-state index is 12.0. The fourth-order valence-corrected chi connectivity index (χ4v) is 3.09. The molecule has 1 amide bonds. The third kappa shape index (κ3) is 9.74. The van der Waals surface area contributed by atoms with Crippen molar-refractivity contribution >= 4 is 11.9 Å². The lowest BCUT2D eigenvalue weighted by Crippen LogP contribution is -2.41. The average Bonchev–Trinajstić information content (AvgIpc) is 2.67. The molecular weight excluding hydrogens is 350 g/mol. The maximum absolute atomic E-state index is 12.0. The Morgan fingerprint density at radius 3 is 2.21 bits per heavy atom. The molecule has 158 valence electrons. The van der Waals surface area contributed by atoms with Gasteiger partial charge in [0.2, 0.25) is 0 Å². The Bertz CT molecular complexity index is 564. The summed E-state index contributed by atoms with van der Waals surface area (Å²) in [6.07, 6.45) is 1.89. The van der Waals surface area contributed by atoms with Gasteiger partial charge in [-0.15, -0.1) is 0 Å². The Labute approximate surface area is 171 Å². The number of rotatable bonds is 12. The summed E-state index contributed by atoms with van der Waals surface area (Å²) in [7, 11) is 0. The lowest BCUT2D eigenvalue weighted by Gasteiger charge is -2.30. The first-order valence-electron chi connectivity index (χ1n) is 10.6. The molecule has 0 aromatic heterocycles. The van der Waals surface area contributed by atoms with Crippen LogP contribution in [0.25, 0.3) is 0 Å². The third-order valence-corrected chi connectivity index (χ3v) is 4.48. The van der Waals surface area contributed by atoms with E-state index in [0.29, 0.717) is 30.7 Å². The van der Waals surface area contributed by atoms with Gasteiger partial charge in [-0.25, -0.2) is 0 Å². The molecule has 0 aliphatic heterocycles. The average molecular weight is 390 g/mol. The second kappa shape index (κ2) is 14.0. The van der Waals surface area contributed by atoms with Crippen LogP contribution in [-0.4, -0.2) is 61.6 Å². The SMILES string of the molecule is CCNC(=NCCCNC(=O)c1ccccc1)NCCCN(C(C)C)C(C)C. The molecule has 0 saturated heterocycles. The van der Waals surface area contributed by atoms with Gasteiger partial charge in [0.25, 0.3) is 5.91 Å². The van der Waals surface area contributed by atoms with Crippen molar-refractivity contribution in [3.63, 3.8) is 0 Å². The third-order valence-electron chi connectivity index (χ3n) is 4.48. The molecule has 0 aliphatic carbocycles. The van der Waals surface area contributed by atoms with Gasteiger partial charge in [0.05, 0.1) is 0 Å². The summed E-state index contributed by atoms with van der Waals surface area (Å²) in [5.41, 5.74) is 0.692. The number of guanidine groups is 1. The zero-order chi connectivity index (χ0) is 20.8. The first-order valence-corrected chi connectivity index (χ1v) is 10.6. The molecule has 0 atom stereocenters. The predicted octanol–water partition coefficient (Wildman–Crippen LogP) is 2.87. The molecule has 0 saturated carbocycles. The van der Waals surface area contributed by atoms with E-state index in [2.05, 4.69) is 60.5 Å². The van der Waals surface area contributed by atoms with E-state index in [4.69, 9.17) is 0 Å². The highest BCUT2D eigenvalue weighted by molar-refractivity contribution is 5.94. The van der Waals surface area contributed by atoms with E-state index in [1.165, 1.54) is 0 Å². The highest BCUT2D eigenvalue weighted by Gasteiger charge is 2.12. The number of carbonyl (C=O) groups is 1. The largest absolute Gasteiger partial charge is 0.357 e. The van der Waals surface area contributed by atoms with Crippen LogP contribution in [0.3, 0.4) is 0 Å². The van der Waals surface area contributed by atoms with Crippen LogP contribution in [0.5, 0.6) is 0 Å².